The van der Waals surface area contributed by atoms with Crippen molar-refractivity contribution in [1.82, 2.24) is 10.0 Å². The molecule has 1 atom stereocenters. The Kier molecular flexibility index (Phi) is 7.38. The number of likely N-dealkylation sites (N-methyl/N-ethyl adjacent to an activating group) is 1. The fraction of sp³-hybridized carbons (Fsp3) is 0.350. The molecule has 0 saturated carbocycles. The van der Waals surface area contributed by atoms with Crippen LogP contribution in [0.3, 0.4) is 0 Å². The van der Waals surface area contributed by atoms with Crippen molar-refractivity contribution in [2.24, 2.45) is 0 Å². The molecule has 0 heterocycles. The van der Waals surface area contributed by atoms with Gasteiger partial charge in [0.05, 0.1) is 4.90 Å². The average Bonchev–Trinajstić information content (AvgIpc) is 2.68. The number of amides is 1. The molecule has 0 aliphatic rings. The summed E-state index contributed by atoms with van der Waals surface area (Å²) in [5.74, 6) is -0.227. The van der Waals surface area contributed by atoms with Gasteiger partial charge < -0.3 is 10.2 Å². The Balaban J connectivity index is 1.90. The van der Waals surface area contributed by atoms with Gasteiger partial charge in [-0.3, -0.25) is 4.79 Å². The summed E-state index contributed by atoms with van der Waals surface area (Å²) in [6, 6.07) is 15.7. The van der Waals surface area contributed by atoms with E-state index in [1.165, 1.54) is 24.3 Å². The number of nitrogens with one attached hydrogen (secondary N) is 2. The summed E-state index contributed by atoms with van der Waals surface area (Å²) < 4.78 is 27.1. The number of benzene rings is 2. The first kappa shape index (κ1) is 20.9. The van der Waals surface area contributed by atoms with Crippen LogP contribution in [-0.4, -0.2) is 40.5 Å². The van der Waals surface area contributed by atoms with Crippen molar-refractivity contribution in [3.8, 4) is 0 Å². The predicted molar refractivity (Wildman–Crippen MR) is 109 cm³/mol. The average molecular weight is 390 g/mol. The lowest BCUT2D eigenvalue weighted by Gasteiger charge is -2.19. The lowest BCUT2D eigenvalue weighted by Crippen LogP contribution is -2.33. The van der Waals surface area contributed by atoms with Gasteiger partial charge in [0.15, 0.2) is 0 Å². The molecule has 0 radical (unpaired) electrons. The van der Waals surface area contributed by atoms with Gasteiger partial charge in [0.25, 0.3) is 5.91 Å². The molecule has 27 heavy (non-hydrogen) atoms. The van der Waals surface area contributed by atoms with E-state index in [2.05, 4.69) is 14.9 Å². The number of nitrogens with zero attached hydrogens (tertiary/aromatic N) is 1. The monoisotopic (exact) mass is 389 g/mol. The van der Waals surface area contributed by atoms with Crippen molar-refractivity contribution >= 4 is 21.6 Å². The zero-order valence-corrected chi connectivity index (χ0v) is 16.8. The third kappa shape index (κ3) is 6.08. The van der Waals surface area contributed by atoms with Crippen molar-refractivity contribution in [2.45, 2.75) is 31.2 Å². The van der Waals surface area contributed by atoms with E-state index in [9.17, 15) is 13.2 Å². The van der Waals surface area contributed by atoms with Crippen LogP contribution in [0.15, 0.2) is 59.5 Å². The van der Waals surface area contributed by atoms with E-state index >= 15 is 0 Å². The molecule has 0 saturated heterocycles. The summed E-state index contributed by atoms with van der Waals surface area (Å²) in [4.78, 5) is 14.5. The van der Waals surface area contributed by atoms with Gasteiger partial charge in [0.1, 0.15) is 0 Å². The lowest BCUT2D eigenvalue weighted by atomic mass is 10.2. The number of rotatable bonds is 9. The van der Waals surface area contributed by atoms with Gasteiger partial charge in [-0.2, -0.15) is 0 Å². The first-order valence-corrected chi connectivity index (χ1v) is 10.5. The van der Waals surface area contributed by atoms with Crippen LogP contribution < -0.4 is 14.9 Å². The van der Waals surface area contributed by atoms with E-state index in [-0.39, 0.29) is 16.8 Å². The Labute approximate surface area is 161 Å². The minimum Gasteiger partial charge on any atom is -0.373 e. The number of hydrogen-bond donors (Lipinski definition) is 2. The standard InChI is InChI=1S/C20H27N3O3S/c1-4-16(2)22-27(25,26)19-12-10-17(11-13-19)20(24)21-14-15-23(3)18-8-6-5-7-9-18/h5-13,16,22H,4,14-15H2,1-3H3,(H,21,24)/t16-/m0/s1. The molecule has 7 heteroatoms. The van der Waals surface area contributed by atoms with Gasteiger partial charge in [0.2, 0.25) is 10.0 Å². The molecule has 2 aromatic carbocycles. The minimum atomic E-state index is -3.56. The Morgan fingerprint density at radius 2 is 1.70 bits per heavy atom. The van der Waals surface area contributed by atoms with Crippen molar-refractivity contribution in [2.75, 3.05) is 25.0 Å². The molecule has 2 N–H and O–H groups in total. The maximum atomic E-state index is 12.3. The third-order valence-electron chi connectivity index (χ3n) is 4.33. The van der Waals surface area contributed by atoms with E-state index < -0.39 is 10.0 Å². The van der Waals surface area contributed by atoms with E-state index in [1.54, 1.807) is 0 Å². The van der Waals surface area contributed by atoms with Crippen molar-refractivity contribution in [3.63, 3.8) is 0 Å². The molecule has 0 aromatic heterocycles. The number of carbonyl (C=O) groups excluding carboxylic acids is 1. The molecule has 2 aromatic rings. The van der Waals surface area contributed by atoms with Crippen molar-refractivity contribution < 1.29 is 13.2 Å². The van der Waals surface area contributed by atoms with Gasteiger partial charge in [0, 0.05) is 37.4 Å². The molecule has 146 valence electrons. The molecule has 0 unspecified atom stereocenters. The fourth-order valence-electron chi connectivity index (χ4n) is 2.45. The second kappa shape index (κ2) is 9.53. The van der Waals surface area contributed by atoms with Crippen LogP contribution in [0.25, 0.3) is 0 Å². The Hall–Kier alpha value is -2.38. The zero-order chi connectivity index (χ0) is 19.9. The van der Waals surface area contributed by atoms with E-state index in [4.69, 9.17) is 0 Å². The molecule has 6 nitrogen and oxygen atoms in total. The lowest BCUT2D eigenvalue weighted by molar-refractivity contribution is 0.0954. The summed E-state index contributed by atoms with van der Waals surface area (Å²) in [5.41, 5.74) is 1.51. The second-order valence-electron chi connectivity index (χ2n) is 6.47. The van der Waals surface area contributed by atoms with Gasteiger partial charge in [-0.25, -0.2) is 13.1 Å². The van der Waals surface area contributed by atoms with Gasteiger partial charge in [-0.05, 0) is 49.7 Å². The number of hydrogen-bond acceptors (Lipinski definition) is 4. The third-order valence-corrected chi connectivity index (χ3v) is 5.93. The van der Waals surface area contributed by atoms with Crippen LogP contribution in [0.2, 0.25) is 0 Å². The molecular weight excluding hydrogens is 362 g/mol. The summed E-state index contributed by atoms with van der Waals surface area (Å²) >= 11 is 0. The largest absolute Gasteiger partial charge is 0.373 e. The number of para-hydroxylation sites is 1. The molecule has 0 spiro atoms. The van der Waals surface area contributed by atoms with Gasteiger partial charge in [-0.1, -0.05) is 25.1 Å². The van der Waals surface area contributed by atoms with Crippen LogP contribution in [-0.2, 0) is 10.0 Å². The highest BCUT2D eigenvalue weighted by molar-refractivity contribution is 7.89. The van der Waals surface area contributed by atoms with Gasteiger partial charge >= 0.3 is 0 Å². The van der Waals surface area contributed by atoms with E-state index in [1.807, 2.05) is 51.2 Å². The number of sulfonamides is 1. The molecular formula is C20H27N3O3S. The number of carbonyl (C=O) groups is 1. The first-order chi connectivity index (χ1) is 12.8. The molecule has 0 bridgehead atoms. The van der Waals surface area contributed by atoms with Crippen molar-refractivity contribution in [3.05, 3.63) is 60.2 Å². The maximum absolute atomic E-state index is 12.3. The van der Waals surface area contributed by atoms with Crippen LogP contribution in [0, 0.1) is 0 Å². The zero-order valence-electron chi connectivity index (χ0n) is 16.0. The SMILES string of the molecule is CC[C@H](C)NS(=O)(=O)c1ccc(C(=O)NCCN(C)c2ccccc2)cc1. The normalized spacial score (nSPS) is 12.4. The van der Waals surface area contributed by atoms with E-state index in [0.29, 0.717) is 25.1 Å². The molecule has 1 amide bonds. The molecule has 0 aliphatic carbocycles. The first-order valence-electron chi connectivity index (χ1n) is 9.00. The number of anilines is 1. The summed E-state index contributed by atoms with van der Waals surface area (Å²) in [5, 5.41) is 2.85. The van der Waals surface area contributed by atoms with Crippen LogP contribution in [0.5, 0.6) is 0 Å². The molecule has 0 fully saturated rings. The topological polar surface area (TPSA) is 78.5 Å². The summed E-state index contributed by atoms with van der Waals surface area (Å²) in [6.45, 7) is 4.88. The smallest absolute Gasteiger partial charge is 0.251 e. The quantitative estimate of drug-likeness (QED) is 0.691. The molecule has 0 aliphatic heterocycles. The Morgan fingerprint density at radius 1 is 1.07 bits per heavy atom. The fourth-order valence-corrected chi connectivity index (χ4v) is 3.78. The highest BCUT2D eigenvalue weighted by Gasteiger charge is 2.17. The minimum absolute atomic E-state index is 0.139. The van der Waals surface area contributed by atoms with Gasteiger partial charge in [-0.15, -0.1) is 0 Å². The summed E-state index contributed by atoms with van der Waals surface area (Å²) in [7, 11) is -1.60. The summed E-state index contributed by atoms with van der Waals surface area (Å²) in [6.07, 6.45) is 0.706. The van der Waals surface area contributed by atoms with Crippen LogP contribution in [0.4, 0.5) is 5.69 Å². The second-order valence-corrected chi connectivity index (χ2v) is 8.18. The van der Waals surface area contributed by atoms with Crippen molar-refractivity contribution in [1.29, 1.82) is 0 Å². The van der Waals surface area contributed by atoms with Crippen LogP contribution in [0.1, 0.15) is 30.6 Å². The van der Waals surface area contributed by atoms with Crippen LogP contribution >= 0.6 is 0 Å². The Bertz CT molecular complexity index is 837. The van der Waals surface area contributed by atoms with E-state index in [0.717, 1.165) is 5.69 Å². The predicted octanol–water partition coefficient (Wildman–Crippen LogP) is 2.63. The Morgan fingerprint density at radius 3 is 2.30 bits per heavy atom. The highest BCUT2D eigenvalue weighted by Crippen LogP contribution is 2.12. The molecule has 2 rings (SSSR count). The maximum Gasteiger partial charge on any atom is 0.251 e. The highest BCUT2D eigenvalue weighted by atomic mass is 32.2.